The Labute approximate surface area is 137 Å². The van der Waals surface area contributed by atoms with E-state index >= 15 is 0 Å². The number of hydrogen-bond donors (Lipinski definition) is 1. The topological polar surface area (TPSA) is 50.2 Å². The van der Waals surface area contributed by atoms with Gasteiger partial charge in [-0.05, 0) is 38.4 Å². The summed E-state index contributed by atoms with van der Waals surface area (Å²) in [5.74, 6) is 0. The molecule has 3 rings (SSSR count). The monoisotopic (exact) mass is 312 g/mol. The van der Waals surface area contributed by atoms with Crippen LogP contribution in [-0.4, -0.2) is 33.8 Å². The lowest BCUT2D eigenvalue weighted by Gasteiger charge is -2.26. The van der Waals surface area contributed by atoms with Gasteiger partial charge in [0.05, 0.1) is 11.4 Å². The highest BCUT2D eigenvalue weighted by Crippen LogP contribution is 2.24. The van der Waals surface area contributed by atoms with Gasteiger partial charge in [0.15, 0.2) is 0 Å². The lowest BCUT2D eigenvalue weighted by Crippen LogP contribution is -2.32. The van der Waals surface area contributed by atoms with Crippen LogP contribution in [0.4, 0.5) is 10.5 Å². The summed E-state index contributed by atoms with van der Waals surface area (Å²) in [5.41, 5.74) is 6.22. The number of carbonyl (C=O) groups is 1. The van der Waals surface area contributed by atoms with Crippen molar-refractivity contribution in [3.63, 3.8) is 0 Å². The van der Waals surface area contributed by atoms with Crippen molar-refractivity contribution in [1.29, 1.82) is 0 Å². The quantitative estimate of drug-likeness (QED) is 0.926. The Hall–Kier alpha value is -2.14. The predicted octanol–water partition coefficient (Wildman–Crippen LogP) is 3.27. The van der Waals surface area contributed by atoms with Crippen LogP contribution in [0.1, 0.15) is 35.0 Å². The molecule has 0 atom stereocenters. The maximum atomic E-state index is 12.7. The number of amides is 1. The van der Waals surface area contributed by atoms with Crippen LogP contribution in [-0.2, 0) is 13.0 Å². The second kappa shape index (κ2) is 6.16. The molecule has 1 aliphatic heterocycles. The van der Waals surface area contributed by atoms with Crippen LogP contribution in [0.2, 0.25) is 0 Å². The third kappa shape index (κ3) is 2.88. The molecule has 0 bridgehead atoms. The van der Waals surface area contributed by atoms with Crippen LogP contribution in [0.3, 0.4) is 0 Å². The lowest BCUT2D eigenvalue weighted by molar-refractivity contribution is 0.245. The van der Waals surface area contributed by atoms with Crippen LogP contribution < -0.4 is 5.32 Å². The van der Waals surface area contributed by atoms with Gasteiger partial charge in [-0.25, -0.2) is 4.79 Å². The van der Waals surface area contributed by atoms with Gasteiger partial charge in [0.1, 0.15) is 0 Å². The van der Waals surface area contributed by atoms with Gasteiger partial charge in [0.2, 0.25) is 0 Å². The molecule has 1 amide bonds. The van der Waals surface area contributed by atoms with Gasteiger partial charge in [0.25, 0.3) is 0 Å². The Morgan fingerprint density at radius 1 is 1.26 bits per heavy atom. The predicted molar refractivity (Wildman–Crippen MR) is 92.0 cm³/mol. The van der Waals surface area contributed by atoms with Gasteiger partial charge in [0, 0.05) is 30.8 Å². The van der Waals surface area contributed by atoms with E-state index in [4.69, 9.17) is 0 Å². The normalized spacial score (nSPS) is 14.6. The first-order valence-corrected chi connectivity index (χ1v) is 8.18. The van der Waals surface area contributed by atoms with E-state index < -0.39 is 0 Å². The SMILES string of the molecule is CCN1CCc2c(c(C)nn2C(=O)Nc2c(C)cccc2C)C1. The summed E-state index contributed by atoms with van der Waals surface area (Å²) in [5, 5.41) is 7.53. The van der Waals surface area contributed by atoms with E-state index in [0.717, 1.165) is 54.3 Å². The van der Waals surface area contributed by atoms with Crippen molar-refractivity contribution in [3.8, 4) is 0 Å². The standard InChI is InChI=1S/C18H24N4O/c1-5-21-10-9-16-15(11-21)14(4)20-22(16)18(23)19-17-12(2)7-6-8-13(17)3/h6-8H,5,9-11H2,1-4H3,(H,19,23). The van der Waals surface area contributed by atoms with Crippen LogP contribution in [0.25, 0.3) is 0 Å². The summed E-state index contributed by atoms with van der Waals surface area (Å²) in [4.78, 5) is 15.1. The van der Waals surface area contributed by atoms with Crippen molar-refractivity contribution in [2.45, 2.75) is 40.7 Å². The minimum atomic E-state index is -0.170. The molecule has 1 aliphatic rings. The largest absolute Gasteiger partial charge is 0.346 e. The number of hydrogen-bond acceptors (Lipinski definition) is 3. The summed E-state index contributed by atoms with van der Waals surface area (Å²) in [7, 11) is 0. The fourth-order valence-corrected chi connectivity index (χ4v) is 3.25. The van der Waals surface area contributed by atoms with Gasteiger partial charge in [-0.1, -0.05) is 25.1 Å². The number of likely N-dealkylation sites (N-methyl/N-ethyl adjacent to an activating group) is 1. The first kappa shape index (κ1) is 15.7. The van der Waals surface area contributed by atoms with Gasteiger partial charge < -0.3 is 5.32 Å². The number of fused-ring (bicyclic) bond motifs is 1. The minimum absolute atomic E-state index is 0.170. The van der Waals surface area contributed by atoms with Crippen LogP contribution in [0.5, 0.6) is 0 Å². The highest BCUT2D eigenvalue weighted by molar-refractivity contribution is 5.92. The zero-order valence-electron chi connectivity index (χ0n) is 14.3. The van der Waals surface area contributed by atoms with E-state index in [-0.39, 0.29) is 6.03 Å². The summed E-state index contributed by atoms with van der Waals surface area (Å²) >= 11 is 0. The molecule has 0 aliphatic carbocycles. The number of aryl methyl sites for hydroxylation is 3. The Morgan fingerprint density at radius 3 is 2.61 bits per heavy atom. The number of aromatic nitrogens is 2. The van der Waals surface area contributed by atoms with E-state index in [0.29, 0.717) is 0 Å². The lowest BCUT2D eigenvalue weighted by atomic mass is 10.1. The highest BCUT2D eigenvalue weighted by atomic mass is 16.2. The number of carbonyl (C=O) groups excluding carboxylic acids is 1. The number of para-hydroxylation sites is 1. The summed E-state index contributed by atoms with van der Waals surface area (Å²) in [6.45, 7) is 11.1. The van der Waals surface area contributed by atoms with Gasteiger partial charge in [-0.3, -0.25) is 4.90 Å². The molecular formula is C18H24N4O. The molecule has 0 fully saturated rings. The zero-order valence-corrected chi connectivity index (χ0v) is 14.3. The van der Waals surface area contributed by atoms with Crippen LogP contribution in [0.15, 0.2) is 18.2 Å². The zero-order chi connectivity index (χ0) is 16.6. The smallest absolute Gasteiger partial charge is 0.305 e. The first-order valence-electron chi connectivity index (χ1n) is 8.18. The molecule has 1 aromatic carbocycles. The second-order valence-electron chi connectivity index (χ2n) is 6.24. The highest BCUT2D eigenvalue weighted by Gasteiger charge is 2.25. The molecule has 1 N–H and O–H groups in total. The van der Waals surface area contributed by atoms with E-state index in [1.165, 1.54) is 5.56 Å². The Balaban J connectivity index is 1.90. The maximum Gasteiger partial charge on any atom is 0.346 e. The molecule has 0 saturated heterocycles. The fraction of sp³-hybridized carbons (Fsp3) is 0.444. The Morgan fingerprint density at radius 2 is 1.96 bits per heavy atom. The summed E-state index contributed by atoms with van der Waals surface area (Å²) in [6, 6.07) is 5.84. The average Bonchev–Trinajstić information content (AvgIpc) is 2.87. The van der Waals surface area contributed by atoms with E-state index in [1.54, 1.807) is 4.68 Å². The van der Waals surface area contributed by atoms with Crippen molar-refractivity contribution >= 4 is 11.7 Å². The van der Waals surface area contributed by atoms with Crippen molar-refractivity contribution < 1.29 is 4.79 Å². The fourth-order valence-electron chi connectivity index (χ4n) is 3.25. The summed E-state index contributed by atoms with van der Waals surface area (Å²) < 4.78 is 1.56. The molecule has 0 unspecified atom stereocenters. The van der Waals surface area contributed by atoms with Gasteiger partial charge >= 0.3 is 6.03 Å². The second-order valence-corrected chi connectivity index (χ2v) is 6.24. The minimum Gasteiger partial charge on any atom is -0.305 e. The van der Waals surface area contributed by atoms with Crippen molar-refractivity contribution in [1.82, 2.24) is 14.7 Å². The molecule has 5 nitrogen and oxygen atoms in total. The van der Waals surface area contributed by atoms with Gasteiger partial charge in [-0.2, -0.15) is 9.78 Å². The average molecular weight is 312 g/mol. The van der Waals surface area contributed by atoms with Crippen LogP contribution in [0, 0.1) is 20.8 Å². The molecule has 0 saturated carbocycles. The summed E-state index contributed by atoms with van der Waals surface area (Å²) in [6.07, 6.45) is 0.865. The Kier molecular flexibility index (Phi) is 4.22. The molecule has 5 heteroatoms. The first-order chi connectivity index (χ1) is 11.0. The molecule has 0 radical (unpaired) electrons. The van der Waals surface area contributed by atoms with E-state index in [9.17, 15) is 4.79 Å². The molecular weight excluding hydrogens is 288 g/mol. The van der Waals surface area contributed by atoms with Crippen LogP contribution >= 0.6 is 0 Å². The molecule has 2 aromatic rings. The third-order valence-corrected chi connectivity index (χ3v) is 4.69. The third-order valence-electron chi connectivity index (χ3n) is 4.69. The molecule has 23 heavy (non-hydrogen) atoms. The number of rotatable bonds is 2. The maximum absolute atomic E-state index is 12.7. The molecule has 0 spiro atoms. The van der Waals surface area contributed by atoms with E-state index in [1.807, 2.05) is 39.0 Å². The van der Waals surface area contributed by atoms with Gasteiger partial charge in [-0.15, -0.1) is 0 Å². The van der Waals surface area contributed by atoms with E-state index in [2.05, 4.69) is 22.2 Å². The number of benzene rings is 1. The number of nitrogens with one attached hydrogen (secondary N) is 1. The van der Waals surface area contributed by atoms with Crippen molar-refractivity contribution in [2.75, 3.05) is 18.4 Å². The van der Waals surface area contributed by atoms with Crippen molar-refractivity contribution in [2.24, 2.45) is 0 Å². The Bertz CT molecular complexity index is 727. The molecule has 122 valence electrons. The number of anilines is 1. The van der Waals surface area contributed by atoms with Crippen molar-refractivity contribution in [3.05, 3.63) is 46.3 Å². The molecule has 1 aromatic heterocycles. The number of nitrogens with zero attached hydrogens (tertiary/aromatic N) is 3. The molecule has 2 heterocycles.